The monoisotopic (exact) mass is 351 g/mol. The lowest BCUT2D eigenvalue weighted by atomic mass is 9.91. The van der Waals surface area contributed by atoms with Gasteiger partial charge in [0.1, 0.15) is 5.82 Å². The van der Waals surface area contributed by atoms with Crippen molar-refractivity contribution < 1.29 is 0 Å². The zero-order valence-electron chi connectivity index (χ0n) is 15.0. The van der Waals surface area contributed by atoms with Crippen LogP contribution in [0.3, 0.4) is 0 Å². The molecule has 136 valence electrons. The molecule has 26 heavy (non-hydrogen) atoms. The van der Waals surface area contributed by atoms with Gasteiger partial charge < -0.3 is 5.32 Å². The van der Waals surface area contributed by atoms with Crippen molar-refractivity contribution in [1.29, 1.82) is 0 Å². The fourth-order valence-corrected chi connectivity index (χ4v) is 3.99. The predicted molar refractivity (Wildman–Crippen MR) is 99.4 cm³/mol. The van der Waals surface area contributed by atoms with Crippen LogP contribution in [-0.2, 0) is 0 Å². The van der Waals surface area contributed by atoms with Crippen LogP contribution in [0.4, 0.5) is 5.82 Å². The van der Waals surface area contributed by atoms with E-state index in [0.29, 0.717) is 17.9 Å². The van der Waals surface area contributed by atoms with Crippen LogP contribution in [0.5, 0.6) is 0 Å². The minimum absolute atomic E-state index is 0.0346. The van der Waals surface area contributed by atoms with E-state index < -0.39 is 0 Å². The molecule has 2 aromatic rings. The molecule has 0 aromatic carbocycles. The summed E-state index contributed by atoms with van der Waals surface area (Å²) in [4.78, 5) is 12.2. The standard InChI is InChI=1S/C20H25N5O/c26-20-12-10-18(14-3-4-14)24-25(20)16-7-5-15(6-8-16)21-19-11-9-17(22-23-19)13-1-2-13/h9-16H,1-8H2,(H,21,23). The largest absolute Gasteiger partial charge is 0.366 e. The maximum absolute atomic E-state index is 12.2. The highest BCUT2D eigenvalue weighted by atomic mass is 16.1. The average molecular weight is 351 g/mol. The normalized spacial score (nSPS) is 25.8. The highest BCUT2D eigenvalue weighted by molar-refractivity contribution is 5.35. The summed E-state index contributed by atoms with van der Waals surface area (Å²) < 4.78 is 1.74. The smallest absolute Gasteiger partial charge is 0.267 e. The molecule has 3 saturated carbocycles. The van der Waals surface area contributed by atoms with Crippen molar-refractivity contribution in [3.8, 4) is 0 Å². The third-order valence-electron chi connectivity index (χ3n) is 5.92. The summed E-state index contributed by atoms with van der Waals surface area (Å²) in [6, 6.07) is 8.39. The fourth-order valence-electron chi connectivity index (χ4n) is 3.99. The van der Waals surface area contributed by atoms with E-state index in [1.165, 1.54) is 25.7 Å². The van der Waals surface area contributed by atoms with Crippen molar-refractivity contribution >= 4 is 5.82 Å². The van der Waals surface area contributed by atoms with Gasteiger partial charge in [0, 0.05) is 23.9 Å². The van der Waals surface area contributed by atoms with Gasteiger partial charge >= 0.3 is 0 Å². The molecule has 0 amide bonds. The first-order valence-corrected chi connectivity index (χ1v) is 9.96. The van der Waals surface area contributed by atoms with Gasteiger partial charge in [-0.05, 0) is 69.6 Å². The van der Waals surface area contributed by atoms with Crippen LogP contribution in [0.1, 0.15) is 80.6 Å². The van der Waals surface area contributed by atoms with Gasteiger partial charge in [-0.2, -0.15) is 10.2 Å². The Labute approximate surface area is 153 Å². The van der Waals surface area contributed by atoms with Gasteiger partial charge in [0.15, 0.2) is 0 Å². The van der Waals surface area contributed by atoms with Gasteiger partial charge in [-0.1, -0.05) is 0 Å². The number of nitrogens with zero attached hydrogens (tertiary/aromatic N) is 4. The second-order valence-electron chi connectivity index (χ2n) is 8.08. The average Bonchev–Trinajstić information content (AvgIpc) is 3.57. The number of rotatable bonds is 5. The summed E-state index contributed by atoms with van der Waals surface area (Å²) in [6.07, 6.45) is 8.93. The Kier molecular flexibility index (Phi) is 3.98. The summed E-state index contributed by atoms with van der Waals surface area (Å²) in [6.45, 7) is 0. The van der Waals surface area contributed by atoms with E-state index in [4.69, 9.17) is 0 Å². The van der Waals surface area contributed by atoms with Crippen molar-refractivity contribution in [2.75, 3.05) is 5.32 Å². The molecule has 6 heteroatoms. The summed E-state index contributed by atoms with van der Waals surface area (Å²) in [7, 11) is 0. The lowest BCUT2D eigenvalue weighted by Gasteiger charge is -2.29. The van der Waals surface area contributed by atoms with E-state index in [0.717, 1.165) is 42.9 Å². The van der Waals surface area contributed by atoms with E-state index >= 15 is 0 Å². The Morgan fingerprint density at radius 2 is 1.50 bits per heavy atom. The third-order valence-corrected chi connectivity index (χ3v) is 5.92. The molecule has 6 nitrogen and oxygen atoms in total. The number of nitrogens with one attached hydrogen (secondary N) is 1. The summed E-state index contributed by atoms with van der Waals surface area (Å²) in [5.41, 5.74) is 2.25. The molecule has 0 atom stereocenters. The first-order valence-electron chi connectivity index (χ1n) is 9.96. The molecule has 3 aliphatic rings. The first-order chi connectivity index (χ1) is 12.8. The number of anilines is 1. The lowest BCUT2D eigenvalue weighted by molar-refractivity contribution is 0.301. The van der Waals surface area contributed by atoms with Gasteiger partial charge in [-0.15, -0.1) is 5.10 Å². The minimum atomic E-state index is 0.0346. The van der Waals surface area contributed by atoms with E-state index in [2.05, 4.69) is 32.7 Å². The van der Waals surface area contributed by atoms with Crippen LogP contribution in [0.2, 0.25) is 0 Å². The molecular weight excluding hydrogens is 326 g/mol. The second kappa shape index (κ2) is 6.49. The second-order valence-corrected chi connectivity index (χ2v) is 8.08. The van der Waals surface area contributed by atoms with Crippen molar-refractivity contribution in [3.63, 3.8) is 0 Å². The van der Waals surface area contributed by atoms with E-state index in [-0.39, 0.29) is 11.6 Å². The molecular formula is C20H25N5O. The zero-order valence-corrected chi connectivity index (χ0v) is 15.0. The molecule has 0 bridgehead atoms. The van der Waals surface area contributed by atoms with Gasteiger partial charge in [0.05, 0.1) is 17.4 Å². The predicted octanol–water partition coefficient (Wildman–Crippen LogP) is 3.38. The van der Waals surface area contributed by atoms with Crippen molar-refractivity contribution in [1.82, 2.24) is 20.0 Å². The zero-order chi connectivity index (χ0) is 17.5. The Morgan fingerprint density at radius 3 is 2.15 bits per heavy atom. The molecule has 2 heterocycles. The molecule has 0 aliphatic heterocycles. The molecule has 2 aromatic heterocycles. The van der Waals surface area contributed by atoms with Crippen molar-refractivity contribution in [3.05, 3.63) is 46.0 Å². The first kappa shape index (κ1) is 16.0. The molecule has 3 fully saturated rings. The lowest BCUT2D eigenvalue weighted by Crippen LogP contribution is -2.33. The van der Waals surface area contributed by atoms with Gasteiger partial charge in [-0.25, -0.2) is 4.68 Å². The fraction of sp³-hybridized carbons (Fsp3) is 0.600. The number of hydrogen-bond donors (Lipinski definition) is 1. The summed E-state index contributed by atoms with van der Waals surface area (Å²) in [5.74, 6) is 2.09. The van der Waals surface area contributed by atoms with Crippen LogP contribution in [0, 0.1) is 0 Å². The maximum Gasteiger partial charge on any atom is 0.267 e. The molecule has 0 unspecified atom stereocenters. The van der Waals surface area contributed by atoms with Crippen molar-refractivity contribution in [2.45, 2.75) is 75.3 Å². The van der Waals surface area contributed by atoms with Gasteiger partial charge in [0.25, 0.3) is 5.56 Å². The number of aromatic nitrogens is 4. The van der Waals surface area contributed by atoms with E-state index in [9.17, 15) is 4.79 Å². The van der Waals surface area contributed by atoms with Crippen LogP contribution in [-0.4, -0.2) is 26.0 Å². The molecule has 0 spiro atoms. The Balaban J connectivity index is 1.20. The van der Waals surface area contributed by atoms with Crippen molar-refractivity contribution in [2.24, 2.45) is 0 Å². The molecule has 3 aliphatic carbocycles. The third kappa shape index (κ3) is 3.37. The molecule has 0 radical (unpaired) electrons. The maximum atomic E-state index is 12.2. The Bertz CT molecular complexity index is 830. The topological polar surface area (TPSA) is 72.7 Å². The number of hydrogen-bond acceptors (Lipinski definition) is 5. The van der Waals surface area contributed by atoms with Crippen LogP contribution in [0.25, 0.3) is 0 Å². The van der Waals surface area contributed by atoms with Gasteiger partial charge in [0.2, 0.25) is 0 Å². The summed E-state index contributed by atoms with van der Waals surface area (Å²) >= 11 is 0. The van der Waals surface area contributed by atoms with E-state index in [1.54, 1.807) is 10.7 Å². The van der Waals surface area contributed by atoms with E-state index in [1.807, 2.05) is 6.07 Å². The Morgan fingerprint density at radius 1 is 0.808 bits per heavy atom. The quantitative estimate of drug-likeness (QED) is 0.894. The Hall–Kier alpha value is -2.24. The highest BCUT2D eigenvalue weighted by Crippen LogP contribution is 2.39. The summed E-state index contributed by atoms with van der Waals surface area (Å²) in [5, 5.41) is 16.9. The molecule has 1 N–H and O–H groups in total. The highest BCUT2D eigenvalue weighted by Gasteiger charge is 2.28. The van der Waals surface area contributed by atoms with Crippen LogP contribution < -0.4 is 10.9 Å². The van der Waals surface area contributed by atoms with Gasteiger partial charge in [-0.3, -0.25) is 4.79 Å². The van der Waals surface area contributed by atoms with Crippen LogP contribution >= 0.6 is 0 Å². The minimum Gasteiger partial charge on any atom is -0.366 e. The molecule has 0 saturated heterocycles. The SMILES string of the molecule is O=c1ccc(C2CC2)nn1C1CCC(Nc2ccc(C3CC3)nn2)CC1. The molecule has 5 rings (SSSR count). The van der Waals surface area contributed by atoms with Crippen LogP contribution in [0.15, 0.2) is 29.1 Å².